The number of fused-ring (bicyclic) bond motifs is 1. The maximum absolute atomic E-state index is 14.3. The number of likely N-dealkylation sites (N-methyl/N-ethyl adjacent to an activating group) is 2. The van der Waals surface area contributed by atoms with Crippen LogP contribution in [0.2, 0.25) is 10.0 Å². The zero-order chi connectivity index (χ0) is 32.8. The molecule has 1 N–H and O–H groups in total. The summed E-state index contributed by atoms with van der Waals surface area (Å²) in [6.45, 7) is 12.6. The van der Waals surface area contributed by atoms with Gasteiger partial charge in [-0.1, -0.05) is 85.6 Å². The Labute approximate surface area is 284 Å². The third kappa shape index (κ3) is 7.95. The predicted molar refractivity (Wildman–Crippen MR) is 187 cm³/mol. The first kappa shape index (κ1) is 34.4. The number of rotatable bonds is 11. The summed E-state index contributed by atoms with van der Waals surface area (Å²) in [5, 5.41) is 4.59. The van der Waals surface area contributed by atoms with Crippen LogP contribution in [0.4, 0.5) is 0 Å². The second kappa shape index (κ2) is 15.3. The highest BCUT2D eigenvalue weighted by Crippen LogP contribution is 2.31. The van der Waals surface area contributed by atoms with E-state index in [2.05, 4.69) is 58.1 Å². The molecule has 2 unspecified atom stereocenters. The standard InChI is InChI=1S/C37H47Cl2N5O2/c1-5-42(6-2)26-34(28-13-17-32(39)18-14-28)43-19-21-44(22-20-43)35(45)33(23-27-11-15-31(38)16-12-27)40-36(46)37(3)24-29-9-7-8-10-30(29)25-41(37)4/h7-18,33-34H,5-6,19-26H2,1-4H3,(H,40,46)/t33-,34?,37?/m1/s1. The lowest BCUT2D eigenvalue weighted by Gasteiger charge is -2.44. The Morgan fingerprint density at radius 3 is 2.07 bits per heavy atom. The minimum Gasteiger partial charge on any atom is -0.342 e. The quantitative estimate of drug-likeness (QED) is 0.286. The van der Waals surface area contributed by atoms with Crippen molar-refractivity contribution in [2.45, 2.75) is 57.8 Å². The maximum Gasteiger partial charge on any atom is 0.245 e. The number of hydrogen-bond donors (Lipinski definition) is 1. The number of nitrogens with zero attached hydrogens (tertiary/aromatic N) is 4. The Morgan fingerprint density at radius 2 is 1.46 bits per heavy atom. The van der Waals surface area contributed by atoms with E-state index in [0.717, 1.165) is 43.3 Å². The van der Waals surface area contributed by atoms with E-state index in [9.17, 15) is 9.59 Å². The van der Waals surface area contributed by atoms with Gasteiger partial charge in [0.05, 0.1) is 0 Å². The van der Waals surface area contributed by atoms with Crippen molar-refractivity contribution in [3.63, 3.8) is 0 Å². The normalized spacial score (nSPS) is 20.3. The fourth-order valence-electron chi connectivity index (χ4n) is 6.76. The fraction of sp³-hybridized carbons (Fsp3) is 0.459. The highest BCUT2D eigenvalue weighted by Gasteiger charge is 2.43. The van der Waals surface area contributed by atoms with Gasteiger partial charge in [0.25, 0.3) is 0 Å². The summed E-state index contributed by atoms with van der Waals surface area (Å²) in [7, 11) is 1.99. The van der Waals surface area contributed by atoms with Gasteiger partial charge in [0, 0.05) is 61.8 Å². The van der Waals surface area contributed by atoms with Crippen molar-refractivity contribution < 1.29 is 9.59 Å². The van der Waals surface area contributed by atoms with Crippen LogP contribution < -0.4 is 5.32 Å². The first-order valence-electron chi connectivity index (χ1n) is 16.4. The molecule has 0 bridgehead atoms. The molecular weight excluding hydrogens is 617 g/mol. The molecule has 46 heavy (non-hydrogen) atoms. The van der Waals surface area contributed by atoms with Crippen molar-refractivity contribution in [1.82, 2.24) is 24.9 Å². The molecule has 0 spiro atoms. The molecule has 3 atom stereocenters. The van der Waals surface area contributed by atoms with Crippen LogP contribution in [0, 0.1) is 0 Å². The summed E-state index contributed by atoms with van der Waals surface area (Å²) in [4.78, 5) is 37.3. The largest absolute Gasteiger partial charge is 0.342 e. The highest BCUT2D eigenvalue weighted by molar-refractivity contribution is 6.30. The molecule has 3 aromatic rings. The van der Waals surface area contributed by atoms with Gasteiger partial charge in [0.1, 0.15) is 11.6 Å². The molecule has 7 nitrogen and oxygen atoms in total. The van der Waals surface area contributed by atoms with Gasteiger partial charge in [-0.05, 0) is 80.0 Å². The van der Waals surface area contributed by atoms with Crippen molar-refractivity contribution >= 4 is 35.0 Å². The van der Waals surface area contributed by atoms with Crippen molar-refractivity contribution in [3.05, 3.63) is 105 Å². The molecule has 2 aliphatic rings. The Hall–Kier alpha value is -2.94. The average molecular weight is 665 g/mol. The van der Waals surface area contributed by atoms with Gasteiger partial charge < -0.3 is 15.1 Å². The van der Waals surface area contributed by atoms with Gasteiger partial charge in [0.2, 0.25) is 11.8 Å². The van der Waals surface area contributed by atoms with E-state index in [4.69, 9.17) is 23.2 Å². The Bertz CT molecular complexity index is 1470. The van der Waals surface area contributed by atoms with Crippen molar-refractivity contribution in [1.29, 1.82) is 0 Å². The highest BCUT2D eigenvalue weighted by atomic mass is 35.5. The SMILES string of the molecule is CCN(CC)CC(c1ccc(Cl)cc1)N1CCN(C(=O)[C@@H](Cc2ccc(Cl)cc2)NC(=O)C2(C)Cc3ccccc3CN2C)CC1. The molecule has 0 aliphatic carbocycles. The lowest BCUT2D eigenvalue weighted by Crippen LogP contribution is -2.63. The molecule has 0 aromatic heterocycles. The van der Waals surface area contributed by atoms with Gasteiger partial charge >= 0.3 is 0 Å². The zero-order valence-electron chi connectivity index (χ0n) is 27.5. The maximum atomic E-state index is 14.3. The minimum atomic E-state index is -0.776. The first-order valence-corrected chi connectivity index (χ1v) is 17.2. The van der Waals surface area contributed by atoms with E-state index in [1.54, 1.807) is 0 Å². The molecule has 5 rings (SSSR count). The number of carbonyl (C=O) groups is 2. The molecule has 246 valence electrons. The van der Waals surface area contributed by atoms with Crippen LogP contribution in [0.1, 0.15) is 49.1 Å². The average Bonchev–Trinajstić information content (AvgIpc) is 3.07. The Morgan fingerprint density at radius 1 is 0.870 bits per heavy atom. The van der Waals surface area contributed by atoms with E-state index >= 15 is 0 Å². The van der Waals surface area contributed by atoms with Crippen molar-refractivity contribution in [2.24, 2.45) is 0 Å². The number of benzene rings is 3. The van der Waals surface area contributed by atoms with Gasteiger partial charge in [0.15, 0.2) is 0 Å². The van der Waals surface area contributed by atoms with Crippen molar-refractivity contribution in [3.8, 4) is 0 Å². The molecule has 2 amide bonds. The smallest absolute Gasteiger partial charge is 0.245 e. The minimum absolute atomic E-state index is 0.0443. The number of hydrogen-bond acceptors (Lipinski definition) is 5. The fourth-order valence-corrected chi connectivity index (χ4v) is 7.01. The third-order valence-corrected chi connectivity index (χ3v) is 10.5. The Balaban J connectivity index is 1.32. The van der Waals surface area contributed by atoms with E-state index < -0.39 is 11.6 Å². The molecule has 2 aliphatic heterocycles. The Kier molecular flexibility index (Phi) is 11.4. The second-order valence-corrected chi connectivity index (χ2v) is 13.7. The van der Waals surface area contributed by atoms with Crippen LogP contribution in [0.5, 0.6) is 0 Å². The second-order valence-electron chi connectivity index (χ2n) is 12.8. The molecule has 1 saturated heterocycles. The van der Waals surface area contributed by atoms with E-state index in [-0.39, 0.29) is 17.9 Å². The van der Waals surface area contributed by atoms with E-state index in [1.807, 2.05) is 67.4 Å². The summed E-state index contributed by atoms with van der Waals surface area (Å²) in [5.41, 5.74) is 3.82. The number of nitrogens with one attached hydrogen (secondary N) is 1. The first-order chi connectivity index (χ1) is 22.1. The van der Waals surface area contributed by atoms with Crippen molar-refractivity contribution in [2.75, 3.05) is 52.9 Å². The number of halogens is 2. The molecule has 2 heterocycles. The summed E-state index contributed by atoms with van der Waals surface area (Å²) in [6, 6.07) is 23.5. The monoisotopic (exact) mass is 663 g/mol. The molecule has 1 fully saturated rings. The van der Waals surface area contributed by atoms with E-state index in [0.29, 0.717) is 37.5 Å². The topological polar surface area (TPSA) is 59.1 Å². The molecule has 0 saturated carbocycles. The third-order valence-electron chi connectivity index (χ3n) is 10.00. The lowest BCUT2D eigenvalue weighted by molar-refractivity contribution is -0.141. The zero-order valence-corrected chi connectivity index (χ0v) is 29.0. The van der Waals surface area contributed by atoms with Crippen LogP contribution >= 0.6 is 23.2 Å². The predicted octanol–water partition coefficient (Wildman–Crippen LogP) is 5.69. The number of carbonyl (C=O) groups excluding carboxylic acids is 2. The van der Waals surface area contributed by atoms with Crippen LogP contribution in [-0.2, 0) is 29.0 Å². The van der Waals surface area contributed by atoms with Gasteiger partial charge in [-0.3, -0.25) is 19.4 Å². The molecular formula is C37H47Cl2N5O2. The molecule has 9 heteroatoms. The molecule has 0 radical (unpaired) electrons. The summed E-state index contributed by atoms with van der Waals surface area (Å²) < 4.78 is 0. The summed E-state index contributed by atoms with van der Waals surface area (Å²) >= 11 is 12.4. The van der Waals surface area contributed by atoms with Gasteiger partial charge in [-0.15, -0.1) is 0 Å². The van der Waals surface area contributed by atoms with Crippen LogP contribution in [0.25, 0.3) is 0 Å². The van der Waals surface area contributed by atoms with Crippen LogP contribution in [-0.4, -0.2) is 95.9 Å². The van der Waals surface area contributed by atoms with Gasteiger partial charge in [-0.2, -0.15) is 0 Å². The lowest BCUT2D eigenvalue weighted by atomic mass is 9.83. The van der Waals surface area contributed by atoms with Crippen LogP contribution in [0.15, 0.2) is 72.8 Å². The summed E-state index contributed by atoms with van der Waals surface area (Å²) in [5.74, 6) is -0.172. The van der Waals surface area contributed by atoms with Crippen LogP contribution in [0.3, 0.4) is 0 Å². The van der Waals surface area contributed by atoms with Gasteiger partial charge in [-0.25, -0.2) is 0 Å². The number of amides is 2. The number of piperazine rings is 1. The summed E-state index contributed by atoms with van der Waals surface area (Å²) in [6.07, 6.45) is 0.984. The molecule has 3 aromatic carbocycles. The van der Waals surface area contributed by atoms with E-state index in [1.165, 1.54) is 16.7 Å².